The molecular weight excluding hydrogens is 374 g/mol. The lowest BCUT2D eigenvalue weighted by atomic mass is 10.1. The maximum absolute atomic E-state index is 12.4. The first-order chi connectivity index (χ1) is 13.7. The molecule has 0 N–H and O–H groups in total. The van der Waals surface area contributed by atoms with Gasteiger partial charge in [-0.15, -0.1) is 5.10 Å². The molecule has 8 heteroatoms. The summed E-state index contributed by atoms with van der Waals surface area (Å²) in [5, 5.41) is 4.49. The van der Waals surface area contributed by atoms with Gasteiger partial charge in [-0.1, -0.05) is 32.6 Å². The molecule has 152 valence electrons. The van der Waals surface area contributed by atoms with Crippen LogP contribution in [-0.2, 0) is 11.5 Å². The zero-order valence-corrected chi connectivity index (χ0v) is 17.4. The highest BCUT2D eigenvalue weighted by Gasteiger charge is 2.21. The summed E-state index contributed by atoms with van der Waals surface area (Å²) in [4.78, 5) is 21.0. The highest BCUT2D eigenvalue weighted by Crippen LogP contribution is 2.17. The number of rotatable bonds is 9. The van der Waals surface area contributed by atoms with Crippen molar-refractivity contribution >= 4 is 18.1 Å². The molecule has 2 aromatic rings. The molecule has 0 unspecified atom stereocenters. The first-order valence-corrected chi connectivity index (χ1v) is 10.6. The second kappa shape index (κ2) is 10.5. The van der Waals surface area contributed by atoms with Gasteiger partial charge in [0.15, 0.2) is 0 Å². The number of amides is 1. The molecule has 0 aliphatic carbocycles. The van der Waals surface area contributed by atoms with Crippen molar-refractivity contribution in [3.05, 3.63) is 29.4 Å². The molecule has 3 heterocycles. The predicted molar refractivity (Wildman–Crippen MR) is 110 cm³/mol. The van der Waals surface area contributed by atoms with Gasteiger partial charge in [0, 0.05) is 50.6 Å². The van der Waals surface area contributed by atoms with Gasteiger partial charge in [-0.05, 0) is 30.8 Å². The predicted octanol–water partition coefficient (Wildman–Crippen LogP) is 3.73. The number of nitrogens with zero attached hydrogens (tertiary/aromatic N) is 5. The zero-order chi connectivity index (χ0) is 19.8. The topological polar surface area (TPSA) is 67.4 Å². The molecule has 0 bridgehead atoms. The molecule has 0 saturated carbocycles. The van der Waals surface area contributed by atoms with Crippen LogP contribution in [0, 0.1) is 4.84 Å². The largest absolute Gasteiger partial charge is 0.409 e. The summed E-state index contributed by atoms with van der Waals surface area (Å²) in [7, 11) is 0. The van der Waals surface area contributed by atoms with Crippen molar-refractivity contribution in [3.63, 3.8) is 0 Å². The average Bonchev–Trinajstić information content (AvgIpc) is 3.09. The Labute approximate surface area is 171 Å². The van der Waals surface area contributed by atoms with Crippen molar-refractivity contribution in [1.82, 2.24) is 24.6 Å². The molecule has 0 radical (unpaired) electrons. The summed E-state index contributed by atoms with van der Waals surface area (Å²) in [6, 6.07) is 3.69. The number of unbranched alkanes of at least 4 members (excludes halogenated alkanes) is 4. The van der Waals surface area contributed by atoms with Gasteiger partial charge in [-0.25, -0.2) is 4.68 Å². The summed E-state index contributed by atoms with van der Waals surface area (Å²) in [5.74, 6) is 0.790. The molecule has 7 nitrogen and oxygen atoms in total. The van der Waals surface area contributed by atoms with Gasteiger partial charge < -0.3 is 9.32 Å². The van der Waals surface area contributed by atoms with E-state index in [1.54, 1.807) is 17.1 Å². The first-order valence-electron chi connectivity index (χ1n) is 10.2. The van der Waals surface area contributed by atoms with E-state index in [-0.39, 0.29) is 5.91 Å². The van der Waals surface area contributed by atoms with E-state index in [0.29, 0.717) is 23.8 Å². The van der Waals surface area contributed by atoms with Crippen LogP contribution in [-0.4, -0.2) is 56.7 Å². The molecule has 1 fully saturated rings. The van der Waals surface area contributed by atoms with Gasteiger partial charge in [0.2, 0.25) is 11.8 Å². The summed E-state index contributed by atoms with van der Waals surface area (Å²) < 4.78 is 7.33. The lowest BCUT2D eigenvalue weighted by Gasteiger charge is -2.34. The Morgan fingerprint density at radius 1 is 1.11 bits per heavy atom. The van der Waals surface area contributed by atoms with Crippen molar-refractivity contribution in [1.29, 1.82) is 0 Å². The van der Waals surface area contributed by atoms with E-state index in [0.717, 1.165) is 44.6 Å². The van der Waals surface area contributed by atoms with Gasteiger partial charge in [0.05, 0.1) is 6.67 Å². The summed E-state index contributed by atoms with van der Waals surface area (Å²) in [5.41, 5.74) is 0.856. The van der Waals surface area contributed by atoms with Crippen molar-refractivity contribution < 1.29 is 9.21 Å². The lowest BCUT2D eigenvalue weighted by Crippen LogP contribution is -2.49. The normalized spacial score (nSPS) is 15.1. The molecule has 1 aliphatic rings. The number of carbonyl (C=O) groups is 1. The summed E-state index contributed by atoms with van der Waals surface area (Å²) in [6.07, 6.45) is 9.97. The van der Waals surface area contributed by atoms with E-state index in [2.05, 4.69) is 21.9 Å². The molecule has 0 spiro atoms. The maximum atomic E-state index is 12.4. The Balaban J connectivity index is 1.45. The highest BCUT2D eigenvalue weighted by atomic mass is 32.1. The van der Waals surface area contributed by atoms with Crippen LogP contribution in [0.25, 0.3) is 11.5 Å². The fraction of sp³-hybridized carbons (Fsp3) is 0.600. The van der Waals surface area contributed by atoms with Crippen LogP contribution >= 0.6 is 12.2 Å². The van der Waals surface area contributed by atoms with Crippen LogP contribution in [0.1, 0.15) is 45.4 Å². The summed E-state index contributed by atoms with van der Waals surface area (Å²) in [6.45, 7) is 5.94. The third-order valence-electron chi connectivity index (χ3n) is 5.09. The van der Waals surface area contributed by atoms with Crippen LogP contribution in [0.5, 0.6) is 0 Å². The van der Waals surface area contributed by atoms with Crippen LogP contribution < -0.4 is 0 Å². The van der Waals surface area contributed by atoms with E-state index in [9.17, 15) is 4.79 Å². The van der Waals surface area contributed by atoms with Crippen LogP contribution in [0.4, 0.5) is 0 Å². The van der Waals surface area contributed by atoms with Crippen molar-refractivity contribution in [2.24, 2.45) is 0 Å². The third kappa shape index (κ3) is 5.72. The molecular formula is C20H29N5O2S. The van der Waals surface area contributed by atoms with Crippen LogP contribution in [0.15, 0.2) is 28.9 Å². The number of hydrogen-bond acceptors (Lipinski definition) is 6. The summed E-state index contributed by atoms with van der Waals surface area (Å²) >= 11 is 5.31. The molecule has 0 atom stereocenters. The second-order valence-electron chi connectivity index (χ2n) is 7.21. The molecule has 3 rings (SSSR count). The van der Waals surface area contributed by atoms with E-state index < -0.39 is 0 Å². The molecule has 2 aromatic heterocycles. The van der Waals surface area contributed by atoms with E-state index in [1.807, 2.05) is 17.0 Å². The standard InChI is InChI=1S/C20H29N5O2S/c1-2-3-4-5-6-7-18(26)24-14-12-23(13-15-24)16-25-20(28)27-19(22-25)17-8-10-21-11-9-17/h8-11H,2-7,12-16H2,1H3. The number of piperazine rings is 1. The molecule has 1 saturated heterocycles. The highest BCUT2D eigenvalue weighted by molar-refractivity contribution is 7.71. The van der Waals surface area contributed by atoms with Gasteiger partial charge in [0.25, 0.3) is 4.84 Å². The van der Waals surface area contributed by atoms with Gasteiger partial charge in [-0.2, -0.15) is 0 Å². The van der Waals surface area contributed by atoms with Crippen molar-refractivity contribution in [2.45, 2.75) is 52.1 Å². The SMILES string of the molecule is CCCCCCCC(=O)N1CCN(Cn2nc(-c3ccncc3)oc2=S)CC1. The number of carbonyl (C=O) groups excluding carboxylic acids is 1. The van der Waals surface area contributed by atoms with E-state index >= 15 is 0 Å². The van der Waals surface area contributed by atoms with Gasteiger partial charge >= 0.3 is 0 Å². The number of pyridine rings is 1. The zero-order valence-electron chi connectivity index (χ0n) is 16.5. The second-order valence-corrected chi connectivity index (χ2v) is 7.56. The number of aromatic nitrogens is 3. The Morgan fingerprint density at radius 3 is 2.54 bits per heavy atom. The third-order valence-corrected chi connectivity index (χ3v) is 5.38. The number of hydrogen-bond donors (Lipinski definition) is 0. The Hall–Kier alpha value is -2.06. The molecule has 28 heavy (non-hydrogen) atoms. The van der Waals surface area contributed by atoms with E-state index in [4.69, 9.17) is 16.6 Å². The minimum atomic E-state index is 0.286. The monoisotopic (exact) mass is 403 g/mol. The maximum Gasteiger partial charge on any atom is 0.288 e. The quantitative estimate of drug-likeness (QED) is 0.469. The first kappa shape index (κ1) is 20.7. The minimum Gasteiger partial charge on any atom is -0.409 e. The minimum absolute atomic E-state index is 0.286. The van der Waals surface area contributed by atoms with Crippen LogP contribution in [0.2, 0.25) is 0 Å². The fourth-order valence-corrected chi connectivity index (χ4v) is 3.55. The van der Waals surface area contributed by atoms with Crippen molar-refractivity contribution in [3.8, 4) is 11.5 Å². The lowest BCUT2D eigenvalue weighted by molar-refractivity contribution is -0.133. The Kier molecular flexibility index (Phi) is 7.73. The van der Waals surface area contributed by atoms with E-state index in [1.165, 1.54) is 19.3 Å². The van der Waals surface area contributed by atoms with Crippen LogP contribution in [0.3, 0.4) is 0 Å². The van der Waals surface area contributed by atoms with Gasteiger partial charge in [0.1, 0.15) is 0 Å². The average molecular weight is 404 g/mol. The fourth-order valence-electron chi connectivity index (χ4n) is 3.37. The van der Waals surface area contributed by atoms with Gasteiger partial charge in [-0.3, -0.25) is 14.7 Å². The Bertz CT molecular complexity index is 796. The smallest absolute Gasteiger partial charge is 0.288 e. The Morgan fingerprint density at radius 2 is 1.82 bits per heavy atom. The molecule has 1 aliphatic heterocycles. The molecule has 1 amide bonds. The molecule has 0 aromatic carbocycles. The van der Waals surface area contributed by atoms with Crippen molar-refractivity contribution in [2.75, 3.05) is 26.2 Å².